The third-order valence-corrected chi connectivity index (χ3v) is 11.4. The lowest BCUT2D eigenvalue weighted by Crippen LogP contribution is -2.40. The molecule has 1 aliphatic heterocycles. The number of imidazole rings is 1. The lowest BCUT2D eigenvalue weighted by Gasteiger charge is -2.35. The van der Waals surface area contributed by atoms with E-state index in [1.54, 1.807) is 0 Å². The Bertz CT molecular complexity index is 1120. The molecule has 178 valence electrons. The molecule has 4 rings (SSSR count). The number of fused-ring (bicyclic) bond motifs is 1. The summed E-state index contributed by atoms with van der Waals surface area (Å²) in [6.45, 7) is 10.8. The number of rotatable bonds is 7. The van der Waals surface area contributed by atoms with E-state index in [2.05, 4.69) is 38.6 Å². The number of aromatic nitrogens is 2. The summed E-state index contributed by atoms with van der Waals surface area (Å²) in [4.78, 5) is 44.3. The molecular weight excluding hydrogens is 440 g/mol. The molecule has 0 radical (unpaired) electrons. The molecule has 10 heteroatoms. The van der Waals surface area contributed by atoms with Crippen LogP contribution in [0.5, 0.6) is 0 Å². The Kier molecular flexibility index (Phi) is 5.86. The number of hydrogen-bond donors (Lipinski definition) is 0. The fourth-order valence-electron chi connectivity index (χ4n) is 3.61. The molecule has 3 amide bonds. The zero-order valence-electron chi connectivity index (χ0n) is 20.2. The summed E-state index contributed by atoms with van der Waals surface area (Å²) in [6, 6.07) is 1.41. The van der Waals surface area contributed by atoms with Gasteiger partial charge in [0, 0.05) is 12.4 Å². The number of imide groups is 1. The molecule has 0 unspecified atom stereocenters. The van der Waals surface area contributed by atoms with E-state index in [-0.39, 0.29) is 11.6 Å². The Morgan fingerprint density at radius 2 is 1.91 bits per heavy atom. The third-order valence-electron chi connectivity index (χ3n) is 6.90. The van der Waals surface area contributed by atoms with Crippen molar-refractivity contribution in [2.75, 3.05) is 25.1 Å². The molecule has 0 atom stereocenters. The lowest BCUT2D eigenvalue weighted by molar-refractivity contribution is -0.144. The fourth-order valence-corrected chi connectivity index (χ4v) is 4.55. The van der Waals surface area contributed by atoms with E-state index in [9.17, 15) is 14.4 Å². The van der Waals surface area contributed by atoms with Crippen LogP contribution >= 0.6 is 0 Å². The van der Waals surface area contributed by atoms with Gasteiger partial charge in [0.2, 0.25) is 0 Å². The minimum atomic E-state index is -1.95. The molecule has 9 nitrogen and oxygen atoms in total. The summed E-state index contributed by atoms with van der Waals surface area (Å²) in [5, 5.41) is 0.0852. The largest absolute Gasteiger partial charge is 0.468 e. The van der Waals surface area contributed by atoms with Gasteiger partial charge in [0.15, 0.2) is 14.0 Å². The fraction of sp³-hybridized carbons (Fsp3) is 0.565. The molecule has 2 aliphatic rings. The predicted octanol–water partition coefficient (Wildman–Crippen LogP) is 3.68. The van der Waals surface area contributed by atoms with Crippen molar-refractivity contribution < 1.29 is 23.5 Å². The number of anilines is 1. The van der Waals surface area contributed by atoms with E-state index in [1.807, 2.05) is 22.9 Å². The van der Waals surface area contributed by atoms with Gasteiger partial charge in [-0.05, 0) is 48.5 Å². The van der Waals surface area contributed by atoms with Crippen LogP contribution in [0.1, 0.15) is 50.8 Å². The van der Waals surface area contributed by atoms with Gasteiger partial charge in [-0.2, -0.15) is 0 Å². The van der Waals surface area contributed by atoms with Gasteiger partial charge in [0.1, 0.15) is 13.1 Å². The number of pyridine rings is 1. The number of amides is 3. The summed E-state index contributed by atoms with van der Waals surface area (Å²) in [6.07, 6.45) is 6.19. The summed E-state index contributed by atoms with van der Waals surface area (Å²) < 4.78 is 12.9. The average Bonchev–Trinajstić information content (AvgIpc) is 3.45. The number of carbonyl (C=O) groups excluding carboxylic acids is 3. The smallest absolute Gasteiger partial charge is 0.332 e. The molecule has 2 fully saturated rings. The van der Waals surface area contributed by atoms with Crippen molar-refractivity contribution in [3.63, 3.8) is 0 Å². The Labute approximate surface area is 194 Å². The summed E-state index contributed by atoms with van der Waals surface area (Å²) in [7, 11) is -0.724. The number of esters is 1. The van der Waals surface area contributed by atoms with Crippen molar-refractivity contribution in [2.24, 2.45) is 0 Å². The minimum Gasteiger partial charge on any atom is -0.468 e. The quantitative estimate of drug-likeness (QED) is 0.347. The van der Waals surface area contributed by atoms with Gasteiger partial charge in [-0.1, -0.05) is 20.8 Å². The Morgan fingerprint density at radius 1 is 1.21 bits per heavy atom. The second-order valence-electron chi connectivity index (χ2n) is 10.4. The number of hydrogen-bond acceptors (Lipinski definition) is 6. The number of carbonyl (C=O) groups is 3. The van der Waals surface area contributed by atoms with Crippen molar-refractivity contribution in [3.05, 3.63) is 29.7 Å². The monoisotopic (exact) mass is 472 g/mol. The van der Waals surface area contributed by atoms with Crippen LogP contribution in [-0.2, 0) is 25.4 Å². The number of urea groups is 1. The second kappa shape index (κ2) is 8.25. The molecule has 1 saturated heterocycles. The number of methoxy groups -OCH3 is 1. The molecule has 3 heterocycles. The van der Waals surface area contributed by atoms with E-state index < -0.39 is 32.8 Å². The highest BCUT2D eigenvalue weighted by atomic mass is 28.4. The maximum Gasteiger partial charge on any atom is 0.332 e. The zero-order valence-corrected chi connectivity index (χ0v) is 21.2. The highest BCUT2D eigenvalue weighted by Crippen LogP contribution is 2.42. The first-order valence-corrected chi connectivity index (χ1v) is 14.2. The maximum atomic E-state index is 13.0. The Morgan fingerprint density at radius 3 is 2.52 bits per heavy atom. The van der Waals surface area contributed by atoms with Gasteiger partial charge in [-0.25, -0.2) is 9.78 Å². The topological polar surface area (TPSA) is 93.5 Å². The van der Waals surface area contributed by atoms with Crippen LogP contribution in [0.15, 0.2) is 18.5 Å². The first kappa shape index (κ1) is 23.4. The van der Waals surface area contributed by atoms with Crippen LogP contribution in [0.3, 0.4) is 0 Å². The molecule has 0 spiro atoms. The van der Waals surface area contributed by atoms with Crippen molar-refractivity contribution in [3.8, 4) is 0 Å². The molecule has 33 heavy (non-hydrogen) atoms. The van der Waals surface area contributed by atoms with Gasteiger partial charge in [0.05, 0.1) is 25.1 Å². The Balaban J connectivity index is 1.67. The van der Waals surface area contributed by atoms with Crippen molar-refractivity contribution in [1.29, 1.82) is 0 Å². The molecule has 0 N–H and O–H groups in total. The van der Waals surface area contributed by atoms with Gasteiger partial charge in [0.25, 0.3) is 5.91 Å². The van der Waals surface area contributed by atoms with E-state index in [0.717, 1.165) is 29.0 Å². The lowest BCUT2D eigenvalue weighted by atomic mass is 10.1. The predicted molar refractivity (Wildman–Crippen MR) is 126 cm³/mol. The van der Waals surface area contributed by atoms with Crippen LogP contribution in [0.4, 0.5) is 10.5 Å². The maximum absolute atomic E-state index is 13.0. The molecular formula is C23H32N4O5Si. The summed E-state index contributed by atoms with van der Waals surface area (Å²) >= 11 is 0. The van der Waals surface area contributed by atoms with Gasteiger partial charge in [-0.15, -0.1) is 0 Å². The van der Waals surface area contributed by atoms with Crippen molar-refractivity contribution in [2.45, 2.75) is 64.3 Å². The highest BCUT2D eigenvalue weighted by molar-refractivity contribution is 6.74. The van der Waals surface area contributed by atoms with E-state index in [1.165, 1.54) is 12.0 Å². The highest BCUT2D eigenvalue weighted by Gasteiger charge is 2.40. The molecule has 2 aromatic rings. The second-order valence-corrected chi connectivity index (χ2v) is 15.2. The van der Waals surface area contributed by atoms with Gasteiger partial charge >= 0.3 is 12.0 Å². The van der Waals surface area contributed by atoms with Gasteiger partial charge < -0.3 is 13.6 Å². The first-order valence-electron chi connectivity index (χ1n) is 11.3. The minimum absolute atomic E-state index is 0.0852. The Hall–Kier alpha value is -2.72. The summed E-state index contributed by atoms with van der Waals surface area (Å²) in [5.74, 6) is -0.628. The SMILES string of the molecule is COC(=O)CN1C(=O)CN(c2cc(C3CC3)cn3cc(CO[Si](C)(C)C(C)(C)C)nc23)C1=O. The first-order chi connectivity index (χ1) is 15.4. The molecule has 1 aliphatic carbocycles. The van der Waals surface area contributed by atoms with Crippen LogP contribution in [-0.4, -0.2) is 60.7 Å². The van der Waals surface area contributed by atoms with E-state index in [4.69, 9.17) is 9.41 Å². The van der Waals surface area contributed by atoms with Crippen LogP contribution in [0.2, 0.25) is 18.1 Å². The van der Waals surface area contributed by atoms with Gasteiger partial charge in [-0.3, -0.25) is 19.4 Å². The van der Waals surface area contributed by atoms with Crippen LogP contribution in [0, 0.1) is 0 Å². The third kappa shape index (κ3) is 4.54. The average molecular weight is 473 g/mol. The van der Waals surface area contributed by atoms with Crippen LogP contribution in [0.25, 0.3) is 5.65 Å². The molecule has 0 bridgehead atoms. The van der Waals surface area contributed by atoms with Crippen LogP contribution < -0.4 is 4.90 Å². The van der Waals surface area contributed by atoms with E-state index >= 15 is 0 Å². The van der Waals surface area contributed by atoms with E-state index in [0.29, 0.717) is 23.9 Å². The zero-order chi connectivity index (χ0) is 24.1. The number of ether oxygens (including phenoxy) is 1. The van der Waals surface area contributed by atoms with Crippen molar-refractivity contribution in [1.82, 2.24) is 14.3 Å². The van der Waals surface area contributed by atoms with Crippen molar-refractivity contribution >= 4 is 37.6 Å². The normalized spacial score (nSPS) is 17.4. The molecule has 1 saturated carbocycles. The summed E-state index contributed by atoms with van der Waals surface area (Å²) in [5.41, 5.74) is 3.05. The molecule has 2 aromatic heterocycles. The number of nitrogens with zero attached hydrogens (tertiary/aromatic N) is 4. The standard InChI is InChI=1S/C23H32N4O5Si/c1-23(2,3)33(5,6)32-14-17-11-25-10-16(15-7-8-15)9-18(21(25)24-17)26-12-19(28)27(22(26)30)13-20(29)31-4/h9-11,15H,7-8,12-14H2,1-6H3. The molecule has 0 aromatic carbocycles.